The zero-order valence-electron chi connectivity index (χ0n) is 15.5. The van der Waals surface area contributed by atoms with E-state index in [1.54, 1.807) is 31.4 Å². The number of carbonyl (C=O) groups is 1. The van der Waals surface area contributed by atoms with E-state index in [4.69, 9.17) is 4.74 Å². The highest BCUT2D eigenvalue weighted by Crippen LogP contribution is 2.27. The van der Waals surface area contributed by atoms with Gasteiger partial charge in [-0.25, -0.2) is 8.42 Å². The fraction of sp³-hybridized carbons (Fsp3) is 0.350. The number of anilines is 2. The van der Waals surface area contributed by atoms with E-state index in [9.17, 15) is 13.2 Å². The van der Waals surface area contributed by atoms with Crippen LogP contribution in [0.15, 0.2) is 48.5 Å². The molecule has 2 aromatic carbocycles. The Morgan fingerprint density at radius 2 is 1.96 bits per heavy atom. The maximum atomic E-state index is 12.4. The van der Waals surface area contributed by atoms with E-state index in [2.05, 4.69) is 5.32 Å². The molecule has 0 saturated carbocycles. The summed E-state index contributed by atoms with van der Waals surface area (Å²) in [6.45, 7) is 2.48. The largest absolute Gasteiger partial charge is 0.497 e. The average molecular weight is 388 g/mol. The van der Waals surface area contributed by atoms with Crippen molar-refractivity contribution in [1.82, 2.24) is 0 Å². The van der Waals surface area contributed by atoms with E-state index in [0.717, 1.165) is 11.3 Å². The Morgan fingerprint density at radius 1 is 1.22 bits per heavy atom. The lowest BCUT2D eigenvalue weighted by Gasteiger charge is -2.18. The van der Waals surface area contributed by atoms with Crippen LogP contribution in [-0.2, 0) is 14.8 Å². The van der Waals surface area contributed by atoms with Crippen molar-refractivity contribution in [3.63, 3.8) is 0 Å². The number of nitrogens with zero attached hydrogens (tertiary/aromatic N) is 1. The summed E-state index contributed by atoms with van der Waals surface area (Å²) in [4.78, 5) is 12.4. The smallest absolute Gasteiger partial charge is 0.235 e. The van der Waals surface area contributed by atoms with E-state index < -0.39 is 10.0 Å². The van der Waals surface area contributed by atoms with Gasteiger partial charge in [0.2, 0.25) is 15.9 Å². The number of hydrogen-bond donors (Lipinski definition) is 1. The number of nitrogens with one attached hydrogen (secondary N) is 1. The van der Waals surface area contributed by atoms with Gasteiger partial charge in [-0.3, -0.25) is 9.10 Å². The molecule has 0 bridgehead atoms. The molecule has 7 heteroatoms. The Balaban J connectivity index is 1.64. The predicted molar refractivity (Wildman–Crippen MR) is 107 cm³/mol. The average Bonchev–Trinajstić information content (AvgIpc) is 3.01. The van der Waals surface area contributed by atoms with E-state index in [0.29, 0.717) is 30.8 Å². The summed E-state index contributed by atoms with van der Waals surface area (Å²) >= 11 is 0. The van der Waals surface area contributed by atoms with Gasteiger partial charge in [0.05, 0.1) is 18.6 Å². The Kier molecular flexibility index (Phi) is 5.70. The molecule has 0 aliphatic carbocycles. The monoisotopic (exact) mass is 388 g/mol. The summed E-state index contributed by atoms with van der Waals surface area (Å²) in [5, 5.41) is 2.87. The number of benzene rings is 2. The Hall–Kier alpha value is -2.54. The molecule has 3 rings (SSSR count). The standard InChI is InChI=1S/C20H24N2O4S/c1-15(16-7-9-19(26-2)10-8-16)13-20(23)21-17-5-3-6-18(14-17)22-11-4-12-27(22,24)25/h3,5-10,14-15H,4,11-13H2,1-2H3,(H,21,23). The SMILES string of the molecule is COc1ccc(C(C)CC(=O)Nc2cccc(N3CCCS3(=O)=O)c2)cc1. The number of rotatable bonds is 6. The summed E-state index contributed by atoms with van der Waals surface area (Å²) in [5.41, 5.74) is 2.25. The summed E-state index contributed by atoms with van der Waals surface area (Å²) in [5.74, 6) is 0.894. The summed E-state index contributed by atoms with van der Waals surface area (Å²) in [6, 6.07) is 14.6. The Labute approximate surface area is 160 Å². The van der Waals surface area contributed by atoms with Crippen molar-refractivity contribution in [3.8, 4) is 5.75 Å². The van der Waals surface area contributed by atoms with Crippen molar-refractivity contribution in [3.05, 3.63) is 54.1 Å². The van der Waals surface area contributed by atoms with Crippen LogP contribution in [0.4, 0.5) is 11.4 Å². The normalized spacial score (nSPS) is 16.7. The van der Waals surface area contributed by atoms with Crippen LogP contribution in [-0.4, -0.2) is 33.7 Å². The first-order chi connectivity index (χ1) is 12.9. The van der Waals surface area contributed by atoms with Crippen LogP contribution in [0, 0.1) is 0 Å². The predicted octanol–water partition coefficient (Wildman–Crippen LogP) is 3.37. The molecule has 0 spiro atoms. The number of methoxy groups -OCH3 is 1. The lowest BCUT2D eigenvalue weighted by molar-refractivity contribution is -0.116. The van der Waals surface area contributed by atoms with Gasteiger partial charge in [-0.05, 0) is 48.2 Å². The summed E-state index contributed by atoms with van der Waals surface area (Å²) in [6.07, 6.45) is 0.955. The van der Waals surface area contributed by atoms with Crippen LogP contribution in [0.5, 0.6) is 5.75 Å². The van der Waals surface area contributed by atoms with Gasteiger partial charge in [0.1, 0.15) is 5.75 Å². The van der Waals surface area contributed by atoms with Crippen LogP contribution < -0.4 is 14.4 Å². The van der Waals surface area contributed by atoms with Gasteiger partial charge < -0.3 is 10.1 Å². The minimum absolute atomic E-state index is 0.0537. The molecular formula is C20H24N2O4S. The molecule has 1 fully saturated rings. The van der Waals surface area contributed by atoms with Gasteiger partial charge >= 0.3 is 0 Å². The van der Waals surface area contributed by atoms with Crippen molar-refractivity contribution in [1.29, 1.82) is 0 Å². The Bertz CT molecular complexity index is 910. The number of hydrogen-bond acceptors (Lipinski definition) is 4. The first-order valence-electron chi connectivity index (χ1n) is 8.93. The van der Waals surface area contributed by atoms with Gasteiger partial charge in [-0.2, -0.15) is 0 Å². The minimum Gasteiger partial charge on any atom is -0.497 e. The summed E-state index contributed by atoms with van der Waals surface area (Å²) < 4.78 is 30.7. The van der Waals surface area contributed by atoms with Crippen molar-refractivity contribution < 1.29 is 17.9 Å². The zero-order valence-corrected chi connectivity index (χ0v) is 16.3. The van der Waals surface area contributed by atoms with Gasteiger partial charge in [0, 0.05) is 18.7 Å². The maximum absolute atomic E-state index is 12.4. The first kappa shape index (κ1) is 19.2. The molecular weight excluding hydrogens is 364 g/mol. The van der Waals surface area contributed by atoms with Crippen LogP contribution in [0.25, 0.3) is 0 Å². The van der Waals surface area contributed by atoms with Gasteiger partial charge in [0.15, 0.2) is 0 Å². The molecule has 27 heavy (non-hydrogen) atoms. The summed E-state index contributed by atoms with van der Waals surface area (Å²) in [7, 11) is -1.62. The molecule has 1 heterocycles. The molecule has 1 unspecified atom stereocenters. The molecule has 1 N–H and O–H groups in total. The topological polar surface area (TPSA) is 75.7 Å². The molecule has 1 aliphatic rings. The molecule has 6 nitrogen and oxygen atoms in total. The van der Waals surface area contributed by atoms with Gasteiger partial charge in [-0.15, -0.1) is 0 Å². The second-order valence-electron chi connectivity index (χ2n) is 6.72. The highest BCUT2D eigenvalue weighted by molar-refractivity contribution is 7.93. The molecule has 144 valence electrons. The van der Waals surface area contributed by atoms with Crippen LogP contribution in [0.1, 0.15) is 31.2 Å². The fourth-order valence-corrected chi connectivity index (χ4v) is 4.77. The van der Waals surface area contributed by atoms with Crippen molar-refractivity contribution in [2.45, 2.75) is 25.7 Å². The van der Waals surface area contributed by atoms with Crippen molar-refractivity contribution in [2.24, 2.45) is 0 Å². The van der Waals surface area contributed by atoms with E-state index >= 15 is 0 Å². The third-order valence-corrected chi connectivity index (χ3v) is 6.56. The molecule has 1 aliphatic heterocycles. The van der Waals surface area contributed by atoms with Crippen LogP contribution in [0.2, 0.25) is 0 Å². The second-order valence-corrected chi connectivity index (χ2v) is 8.73. The van der Waals surface area contributed by atoms with Gasteiger partial charge in [0.25, 0.3) is 0 Å². The zero-order chi connectivity index (χ0) is 19.4. The molecule has 0 radical (unpaired) electrons. The molecule has 1 atom stereocenters. The molecule has 0 aromatic heterocycles. The van der Waals surface area contributed by atoms with Crippen molar-refractivity contribution in [2.75, 3.05) is 29.0 Å². The van der Waals surface area contributed by atoms with E-state index in [-0.39, 0.29) is 17.6 Å². The fourth-order valence-electron chi connectivity index (χ4n) is 3.21. The van der Waals surface area contributed by atoms with E-state index in [1.165, 1.54) is 4.31 Å². The third-order valence-electron chi connectivity index (χ3n) is 4.69. The molecule has 2 aromatic rings. The number of amides is 1. The minimum atomic E-state index is -3.24. The number of sulfonamides is 1. The highest BCUT2D eigenvalue weighted by Gasteiger charge is 2.28. The lowest BCUT2D eigenvalue weighted by Crippen LogP contribution is -2.25. The quantitative estimate of drug-likeness (QED) is 0.823. The van der Waals surface area contributed by atoms with Crippen LogP contribution >= 0.6 is 0 Å². The Morgan fingerprint density at radius 3 is 2.59 bits per heavy atom. The molecule has 1 saturated heterocycles. The lowest BCUT2D eigenvalue weighted by atomic mass is 9.97. The number of ether oxygens (including phenoxy) is 1. The first-order valence-corrected chi connectivity index (χ1v) is 10.5. The number of carbonyl (C=O) groups excluding carboxylic acids is 1. The van der Waals surface area contributed by atoms with Crippen LogP contribution in [0.3, 0.4) is 0 Å². The van der Waals surface area contributed by atoms with Gasteiger partial charge in [-0.1, -0.05) is 25.1 Å². The second kappa shape index (κ2) is 8.00. The van der Waals surface area contributed by atoms with E-state index in [1.807, 2.05) is 31.2 Å². The maximum Gasteiger partial charge on any atom is 0.235 e. The highest BCUT2D eigenvalue weighted by atomic mass is 32.2. The molecule has 1 amide bonds. The van der Waals surface area contributed by atoms with Crippen molar-refractivity contribution >= 4 is 27.3 Å². The third kappa shape index (κ3) is 4.60.